The van der Waals surface area contributed by atoms with Gasteiger partial charge in [0, 0.05) is 5.92 Å². The fraction of sp³-hybridized carbons (Fsp3) is 0.500. The molecule has 118 valence electrons. The van der Waals surface area contributed by atoms with Crippen LogP contribution in [0.25, 0.3) is 11.0 Å². The maximum Gasteiger partial charge on any atom is 0.266 e. The highest BCUT2D eigenvalue weighted by atomic mass is 32.2. The lowest BCUT2D eigenvalue weighted by Gasteiger charge is -2.27. The minimum absolute atomic E-state index is 0.00978. The summed E-state index contributed by atoms with van der Waals surface area (Å²) in [6.45, 7) is 2.00. The SMILES string of the molecule is CC1CCCCC1C(=O)NS(=O)(=O)c1cccc2nsnc12. The third kappa shape index (κ3) is 2.85. The first-order chi connectivity index (χ1) is 10.5. The molecule has 1 fully saturated rings. The van der Waals surface area contributed by atoms with E-state index < -0.39 is 15.9 Å². The van der Waals surface area contributed by atoms with Crippen LogP contribution in [0.1, 0.15) is 32.6 Å². The summed E-state index contributed by atoms with van der Waals surface area (Å²) in [4.78, 5) is 12.4. The molecule has 0 saturated heterocycles. The molecule has 8 heteroatoms. The standard InChI is InChI=1S/C14H17N3O3S2/c1-9-5-2-3-6-10(9)14(18)17-22(19,20)12-8-4-7-11-13(12)16-21-15-11/h4,7-10H,2-3,5-6H2,1H3,(H,17,18). The molecule has 2 atom stereocenters. The smallest absolute Gasteiger partial charge is 0.266 e. The van der Waals surface area contributed by atoms with Crippen molar-refractivity contribution < 1.29 is 13.2 Å². The zero-order valence-corrected chi connectivity index (χ0v) is 13.8. The van der Waals surface area contributed by atoms with Gasteiger partial charge in [-0.1, -0.05) is 25.8 Å². The van der Waals surface area contributed by atoms with Gasteiger partial charge in [0.2, 0.25) is 5.91 Å². The number of benzene rings is 1. The van der Waals surface area contributed by atoms with Gasteiger partial charge in [0.25, 0.3) is 10.0 Å². The maximum atomic E-state index is 12.5. The molecule has 0 radical (unpaired) electrons. The van der Waals surface area contributed by atoms with Gasteiger partial charge in [-0.2, -0.15) is 8.75 Å². The molecule has 1 saturated carbocycles. The topological polar surface area (TPSA) is 89.0 Å². The monoisotopic (exact) mass is 339 g/mol. The van der Waals surface area contributed by atoms with Gasteiger partial charge in [0.05, 0.1) is 11.7 Å². The third-order valence-corrected chi connectivity index (χ3v) is 6.14. The third-order valence-electron chi connectivity index (χ3n) is 4.22. The van der Waals surface area contributed by atoms with E-state index in [-0.39, 0.29) is 16.7 Å². The van der Waals surface area contributed by atoms with Gasteiger partial charge >= 0.3 is 0 Å². The Labute approximate surface area is 133 Å². The number of aromatic nitrogens is 2. The Morgan fingerprint density at radius 2 is 2.05 bits per heavy atom. The van der Waals surface area contributed by atoms with Crippen LogP contribution in [0.5, 0.6) is 0 Å². The van der Waals surface area contributed by atoms with Crippen LogP contribution in [0.4, 0.5) is 0 Å². The Balaban J connectivity index is 1.87. The number of carbonyl (C=O) groups is 1. The Morgan fingerprint density at radius 1 is 1.27 bits per heavy atom. The lowest BCUT2D eigenvalue weighted by Crippen LogP contribution is -2.39. The lowest BCUT2D eigenvalue weighted by atomic mass is 9.80. The number of hydrogen-bond acceptors (Lipinski definition) is 6. The van der Waals surface area contributed by atoms with Crippen LogP contribution in [0.15, 0.2) is 23.1 Å². The fourth-order valence-corrected chi connectivity index (χ4v) is 4.76. The maximum absolute atomic E-state index is 12.5. The normalized spacial score (nSPS) is 22.6. The Kier molecular flexibility index (Phi) is 4.14. The van der Waals surface area contributed by atoms with Crippen LogP contribution in [-0.2, 0) is 14.8 Å². The molecule has 1 amide bonds. The van der Waals surface area contributed by atoms with E-state index in [1.807, 2.05) is 6.92 Å². The molecule has 3 rings (SSSR count). The predicted molar refractivity (Wildman–Crippen MR) is 83.9 cm³/mol. The average molecular weight is 339 g/mol. The predicted octanol–water partition coefficient (Wildman–Crippen LogP) is 2.32. The Hall–Kier alpha value is -1.54. The highest BCUT2D eigenvalue weighted by molar-refractivity contribution is 7.90. The van der Waals surface area contributed by atoms with Crippen molar-refractivity contribution in [3.05, 3.63) is 18.2 Å². The zero-order chi connectivity index (χ0) is 15.7. The number of rotatable bonds is 3. The summed E-state index contributed by atoms with van der Waals surface area (Å²) in [7, 11) is -3.92. The van der Waals surface area contributed by atoms with E-state index in [1.54, 1.807) is 12.1 Å². The number of nitrogens with zero attached hydrogens (tertiary/aromatic N) is 2. The second-order valence-corrected chi connectivity index (χ2v) is 7.91. The molecule has 0 spiro atoms. The number of fused-ring (bicyclic) bond motifs is 1. The highest BCUT2D eigenvalue weighted by Crippen LogP contribution is 2.30. The minimum Gasteiger partial charge on any atom is -0.274 e. The number of sulfonamides is 1. The summed E-state index contributed by atoms with van der Waals surface area (Å²) in [5, 5.41) is 0. The molecule has 1 aliphatic carbocycles. The molecular formula is C14H17N3O3S2. The van der Waals surface area contributed by atoms with Crippen LogP contribution in [0, 0.1) is 11.8 Å². The van der Waals surface area contributed by atoms with E-state index in [0.29, 0.717) is 11.0 Å². The first-order valence-electron chi connectivity index (χ1n) is 7.27. The van der Waals surface area contributed by atoms with Crippen LogP contribution >= 0.6 is 11.7 Å². The number of amides is 1. The second kappa shape index (κ2) is 5.92. The van der Waals surface area contributed by atoms with E-state index in [2.05, 4.69) is 13.5 Å². The van der Waals surface area contributed by atoms with Gasteiger partial charge < -0.3 is 0 Å². The molecule has 1 aromatic carbocycles. The lowest BCUT2D eigenvalue weighted by molar-refractivity contribution is -0.125. The van der Waals surface area contributed by atoms with Crippen LogP contribution in [0.2, 0.25) is 0 Å². The minimum atomic E-state index is -3.92. The molecule has 22 heavy (non-hydrogen) atoms. The van der Waals surface area contributed by atoms with Crippen molar-refractivity contribution in [1.82, 2.24) is 13.5 Å². The number of carbonyl (C=O) groups excluding carboxylic acids is 1. The molecule has 1 aromatic heterocycles. The van der Waals surface area contributed by atoms with Gasteiger partial charge in [0.15, 0.2) is 0 Å². The summed E-state index contributed by atoms with van der Waals surface area (Å²) in [5.41, 5.74) is 0.829. The first kappa shape index (κ1) is 15.4. The summed E-state index contributed by atoms with van der Waals surface area (Å²) in [6, 6.07) is 4.75. The van der Waals surface area contributed by atoms with Crippen molar-refractivity contribution in [3.63, 3.8) is 0 Å². The summed E-state index contributed by atoms with van der Waals surface area (Å²) < 4.78 is 35.3. The van der Waals surface area contributed by atoms with Gasteiger partial charge in [0.1, 0.15) is 15.9 Å². The Morgan fingerprint density at radius 3 is 2.82 bits per heavy atom. The second-order valence-electron chi connectivity index (χ2n) is 5.73. The number of nitrogens with one attached hydrogen (secondary N) is 1. The Bertz CT molecular complexity index is 801. The molecular weight excluding hydrogens is 322 g/mol. The molecule has 2 aromatic rings. The molecule has 1 N–H and O–H groups in total. The summed E-state index contributed by atoms with van der Waals surface area (Å²) in [6.07, 6.45) is 3.77. The van der Waals surface area contributed by atoms with Gasteiger partial charge in [-0.3, -0.25) is 4.79 Å². The van der Waals surface area contributed by atoms with Crippen LogP contribution in [-0.4, -0.2) is 23.1 Å². The van der Waals surface area contributed by atoms with Crippen molar-refractivity contribution in [2.45, 2.75) is 37.5 Å². The fourth-order valence-electron chi connectivity index (χ4n) is 2.97. The van der Waals surface area contributed by atoms with Crippen molar-refractivity contribution in [2.75, 3.05) is 0 Å². The molecule has 0 aliphatic heterocycles. The van der Waals surface area contributed by atoms with Gasteiger partial charge in [-0.15, -0.1) is 0 Å². The summed E-state index contributed by atoms with van der Waals surface area (Å²) in [5.74, 6) is -0.440. The van der Waals surface area contributed by atoms with E-state index in [1.165, 1.54) is 6.07 Å². The van der Waals surface area contributed by atoms with E-state index >= 15 is 0 Å². The van der Waals surface area contributed by atoms with Gasteiger partial charge in [-0.05, 0) is 30.9 Å². The van der Waals surface area contributed by atoms with Crippen molar-refractivity contribution in [3.8, 4) is 0 Å². The first-order valence-corrected chi connectivity index (χ1v) is 9.48. The molecule has 1 heterocycles. The summed E-state index contributed by atoms with van der Waals surface area (Å²) >= 11 is 0.953. The largest absolute Gasteiger partial charge is 0.274 e. The van der Waals surface area contributed by atoms with Gasteiger partial charge in [-0.25, -0.2) is 13.1 Å². The molecule has 1 aliphatic rings. The molecule has 6 nitrogen and oxygen atoms in total. The van der Waals surface area contributed by atoms with E-state index in [0.717, 1.165) is 37.4 Å². The quantitative estimate of drug-likeness (QED) is 0.927. The average Bonchev–Trinajstić information content (AvgIpc) is 2.95. The zero-order valence-electron chi connectivity index (χ0n) is 12.2. The van der Waals surface area contributed by atoms with E-state index in [4.69, 9.17) is 0 Å². The molecule has 0 bridgehead atoms. The van der Waals surface area contributed by atoms with Crippen molar-refractivity contribution in [2.24, 2.45) is 11.8 Å². The molecule has 2 unspecified atom stereocenters. The van der Waals surface area contributed by atoms with Crippen LogP contribution in [0.3, 0.4) is 0 Å². The van der Waals surface area contributed by atoms with Crippen molar-refractivity contribution >= 4 is 38.7 Å². The van der Waals surface area contributed by atoms with Crippen molar-refractivity contribution in [1.29, 1.82) is 0 Å². The van der Waals surface area contributed by atoms with E-state index in [9.17, 15) is 13.2 Å². The highest BCUT2D eigenvalue weighted by Gasteiger charge is 2.31. The number of hydrogen-bond donors (Lipinski definition) is 1. The van der Waals surface area contributed by atoms with Crippen LogP contribution < -0.4 is 4.72 Å².